The molecule has 0 heterocycles. The van der Waals surface area contributed by atoms with Crippen molar-refractivity contribution in [2.24, 2.45) is 5.92 Å². The maximum Gasteiger partial charge on any atom is 0.161 e. The van der Waals surface area contributed by atoms with Crippen LogP contribution in [0.15, 0.2) is 18.2 Å². The second kappa shape index (κ2) is 5.51. The van der Waals surface area contributed by atoms with Crippen molar-refractivity contribution >= 4 is 17.2 Å². The van der Waals surface area contributed by atoms with E-state index in [1.54, 1.807) is 12.1 Å². The molecule has 0 fully saturated rings. The second-order valence-corrected chi connectivity index (χ2v) is 4.03. The van der Waals surface area contributed by atoms with E-state index in [1.165, 1.54) is 6.92 Å². The maximum absolute atomic E-state index is 11.3. The zero-order valence-corrected chi connectivity index (χ0v) is 9.66. The molecule has 0 aliphatic rings. The van der Waals surface area contributed by atoms with E-state index in [0.29, 0.717) is 17.8 Å². The molecule has 0 amide bonds. The van der Waals surface area contributed by atoms with Crippen molar-refractivity contribution < 1.29 is 9.90 Å². The van der Waals surface area contributed by atoms with Gasteiger partial charge in [-0.25, -0.2) is 0 Å². The van der Waals surface area contributed by atoms with Gasteiger partial charge in [0.15, 0.2) is 5.78 Å². The molecule has 1 aromatic rings. The number of hydrogen-bond acceptors (Lipinski definition) is 4. The van der Waals surface area contributed by atoms with Gasteiger partial charge < -0.3 is 16.2 Å². The van der Waals surface area contributed by atoms with E-state index in [-0.39, 0.29) is 18.3 Å². The quantitative estimate of drug-likeness (QED) is 0.521. The molecule has 1 aromatic carbocycles. The average molecular weight is 222 g/mol. The molecule has 0 radical (unpaired) electrons. The first-order chi connectivity index (χ1) is 7.54. The lowest BCUT2D eigenvalue weighted by atomic mass is 10.1. The Labute approximate surface area is 95.5 Å². The summed E-state index contributed by atoms with van der Waals surface area (Å²) in [4.78, 5) is 11.3. The molecule has 4 heteroatoms. The average Bonchev–Trinajstić information content (AvgIpc) is 2.27. The van der Waals surface area contributed by atoms with Gasteiger partial charge in [0.1, 0.15) is 0 Å². The van der Waals surface area contributed by atoms with Crippen LogP contribution in [-0.2, 0) is 0 Å². The van der Waals surface area contributed by atoms with Gasteiger partial charge in [0, 0.05) is 30.1 Å². The van der Waals surface area contributed by atoms with Gasteiger partial charge in [0.2, 0.25) is 0 Å². The lowest BCUT2D eigenvalue weighted by Gasteiger charge is -2.12. The van der Waals surface area contributed by atoms with Gasteiger partial charge >= 0.3 is 0 Å². The molecule has 4 nitrogen and oxygen atoms in total. The van der Waals surface area contributed by atoms with Crippen molar-refractivity contribution in [3.63, 3.8) is 0 Å². The molecule has 16 heavy (non-hydrogen) atoms. The number of nitrogen functional groups attached to an aromatic ring is 1. The summed E-state index contributed by atoms with van der Waals surface area (Å²) >= 11 is 0. The van der Waals surface area contributed by atoms with E-state index < -0.39 is 0 Å². The van der Waals surface area contributed by atoms with Gasteiger partial charge in [-0.1, -0.05) is 6.92 Å². The Bertz CT molecular complexity index is 377. The highest BCUT2D eigenvalue weighted by atomic mass is 16.3. The largest absolute Gasteiger partial charge is 0.398 e. The van der Waals surface area contributed by atoms with Crippen LogP contribution in [0.4, 0.5) is 11.4 Å². The molecule has 0 saturated carbocycles. The van der Waals surface area contributed by atoms with Gasteiger partial charge in [0.25, 0.3) is 0 Å². The van der Waals surface area contributed by atoms with Crippen molar-refractivity contribution in [1.82, 2.24) is 0 Å². The summed E-state index contributed by atoms with van der Waals surface area (Å²) < 4.78 is 0. The lowest BCUT2D eigenvalue weighted by molar-refractivity contribution is 0.101. The fourth-order valence-electron chi connectivity index (χ4n) is 1.33. The molecule has 1 atom stereocenters. The standard InChI is InChI=1S/C12H18N2O2/c1-8(7-15)6-14-10-3-4-12(13)11(5-10)9(2)16/h3-5,8,14-15H,6-7,13H2,1-2H3. The predicted octanol–water partition coefficient (Wildman–Crippen LogP) is 1.51. The van der Waals surface area contributed by atoms with Crippen LogP contribution < -0.4 is 11.1 Å². The Morgan fingerprint density at radius 3 is 2.81 bits per heavy atom. The first-order valence-corrected chi connectivity index (χ1v) is 5.29. The third-order valence-electron chi connectivity index (χ3n) is 2.40. The number of rotatable bonds is 5. The zero-order chi connectivity index (χ0) is 12.1. The SMILES string of the molecule is CC(=O)c1cc(NCC(C)CO)ccc1N. The third-order valence-corrected chi connectivity index (χ3v) is 2.40. The number of aliphatic hydroxyl groups is 1. The van der Waals surface area contributed by atoms with Gasteiger partial charge in [-0.2, -0.15) is 0 Å². The van der Waals surface area contributed by atoms with E-state index >= 15 is 0 Å². The molecule has 0 bridgehead atoms. The smallest absolute Gasteiger partial charge is 0.161 e. The van der Waals surface area contributed by atoms with Gasteiger partial charge in [-0.15, -0.1) is 0 Å². The van der Waals surface area contributed by atoms with E-state index in [0.717, 1.165) is 5.69 Å². The highest BCUT2D eigenvalue weighted by Gasteiger charge is 2.06. The Hall–Kier alpha value is -1.55. The van der Waals surface area contributed by atoms with Crippen LogP contribution in [0.5, 0.6) is 0 Å². The van der Waals surface area contributed by atoms with Crippen molar-refractivity contribution in [1.29, 1.82) is 0 Å². The molecule has 0 saturated heterocycles. The number of Topliss-reactive ketones (excluding diaryl/α,β-unsaturated/α-hetero) is 1. The van der Waals surface area contributed by atoms with E-state index in [9.17, 15) is 4.79 Å². The summed E-state index contributed by atoms with van der Waals surface area (Å²) in [5.41, 5.74) is 7.55. The van der Waals surface area contributed by atoms with Gasteiger partial charge in [-0.3, -0.25) is 4.79 Å². The zero-order valence-electron chi connectivity index (χ0n) is 9.66. The molecule has 0 aliphatic carbocycles. The number of anilines is 2. The molecule has 4 N–H and O–H groups in total. The number of nitrogens with two attached hydrogens (primary N) is 1. The fourth-order valence-corrected chi connectivity index (χ4v) is 1.33. The number of carbonyl (C=O) groups excluding carboxylic acids is 1. The number of ketones is 1. The molecule has 88 valence electrons. The van der Waals surface area contributed by atoms with Crippen LogP contribution in [0.1, 0.15) is 24.2 Å². The van der Waals surface area contributed by atoms with Crippen molar-refractivity contribution in [2.75, 3.05) is 24.2 Å². The molecular weight excluding hydrogens is 204 g/mol. The van der Waals surface area contributed by atoms with Crippen LogP contribution in [0.2, 0.25) is 0 Å². The summed E-state index contributed by atoms with van der Waals surface area (Å²) in [6.07, 6.45) is 0. The van der Waals surface area contributed by atoms with Crippen LogP contribution in [-0.4, -0.2) is 24.0 Å². The van der Waals surface area contributed by atoms with Crippen molar-refractivity contribution in [3.05, 3.63) is 23.8 Å². The number of hydrogen-bond donors (Lipinski definition) is 3. The molecular formula is C12H18N2O2. The van der Waals surface area contributed by atoms with Crippen LogP contribution in [0, 0.1) is 5.92 Å². The molecule has 0 aromatic heterocycles. The Morgan fingerprint density at radius 1 is 1.56 bits per heavy atom. The minimum atomic E-state index is -0.0450. The Balaban J connectivity index is 2.75. The van der Waals surface area contributed by atoms with Gasteiger partial charge in [-0.05, 0) is 31.0 Å². The van der Waals surface area contributed by atoms with Crippen LogP contribution in [0.25, 0.3) is 0 Å². The van der Waals surface area contributed by atoms with E-state index in [2.05, 4.69) is 5.32 Å². The number of carbonyl (C=O) groups is 1. The summed E-state index contributed by atoms with van der Waals surface area (Å²) in [6.45, 7) is 4.24. The molecule has 1 unspecified atom stereocenters. The fraction of sp³-hybridized carbons (Fsp3) is 0.417. The van der Waals surface area contributed by atoms with Crippen LogP contribution in [0.3, 0.4) is 0 Å². The highest BCUT2D eigenvalue weighted by molar-refractivity contribution is 5.99. The van der Waals surface area contributed by atoms with Gasteiger partial charge in [0.05, 0.1) is 0 Å². The maximum atomic E-state index is 11.3. The third kappa shape index (κ3) is 3.24. The molecule has 1 rings (SSSR count). The summed E-state index contributed by atoms with van der Waals surface area (Å²) in [5.74, 6) is 0.134. The first kappa shape index (κ1) is 12.5. The normalized spacial score (nSPS) is 12.2. The number of aliphatic hydroxyl groups excluding tert-OH is 1. The minimum Gasteiger partial charge on any atom is -0.398 e. The van der Waals surface area contributed by atoms with E-state index in [1.807, 2.05) is 13.0 Å². The first-order valence-electron chi connectivity index (χ1n) is 5.29. The molecule has 0 spiro atoms. The monoisotopic (exact) mass is 222 g/mol. The molecule has 0 aliphatic heterocycles. The predicted molar refractivity (Wildman–Crippen MR) is 65.6 cm³/mol. The van der Waals surface area contributed by atoms with E-state index in [4.69, 9.17) is 10.8 Å². The topological polar surface area (TPSA) is 75.3 Å². The summed E-state index contributed by atoms with van der Waals surface area (Å²) in [7, 11) is 0. The lowest BCUT2D eigenvalue weighted by Crippen LogP contribution is -2.14. The summed E-state index contributed by atoms with van der Waals surface area (Å²) in [5, 5.41) is 12.0. The Morgan fingerprint density at radius 2 is 2.25 bits per heavy atom. The number of benzene rings is 1. The summed E-state index contributed by atoms with van der Waals surface area (Å²) in [6, 6.07) is 5.27. The number of nitrogens with one attached hydrogen (secondary N) is 1. The second-order valence-electron chi connectivity index (χ2n) is 4.03. The Kier molecular flexibility index (Phi) is 4.31. The van der Waals surface area contributed by atoms with Crippen LogP contribution >= 0.6 is 0 Å². The highest BCUT2D eigenvalue weighted by Crippen LogP contribution is 2.18. The van der Waals surface area contributed by atoms with Crippen molar-refractivity contribution in [3.8, 4) is 0 Å². The van der Waals surface area contributed by atoms with Crippen molar-refractivity contribution in [2.45, 2.75) is 13.8 Å². The minimum absolute atomic E-state index is 0.0450.